The highest BCUT2D eigenvalue weighted by Crippen LogP contribution is 2.50. The Morgan fingerprint density at radius 2 is 1.58 bits per heavy atom. The summed E-state index contributed by atoms with van der Waals surface area (Å²) >= 11 is 0. The molecule has 0 unspecified atom stereocenters. The van der Waals surface area contributed by atoms with Gasteiger partial charge in [-0.25, -0.2) is 0 Å². The van der Waals surface area contributed by atoms with Gasteiger partial charge < -0.3 is 4.57 Å². The van der Waals surface area contributed by atoms with Crippen molar-refractivity contribution >= 4 is 39.3 Å². The molecular weight excluding hydrogens is 579 g/mol. The monoisotopic (exact) mass is 623 g/mol. The highest BCUT2D eigenvalue weighted by molar-refractivity contribution is 6.09. The number of aromatic nitrogens is 1. The summed E-state index contributed by atoms with van der Waals surface area (Å²) in [7, 11) is 0. The summed E-state index contributed by atoms with van der Waals surface area (Å²) < 4.78 is 2.52. The molecule has 0 fully saturated rings. The smallest absolute Gasteiger partial charge is 0.0610 e. The van der Waals surface area contributed by atoms with Gasteiger partial charge in [0.25, 0.3) is 0 Å². The zero-order chi connectivity index (χ0) is 33.4. The molecule has 2 aliphatic carbocycles. The van der Waals surface area contributed by atoms with Crippen LogP contribution in [0.5, 0.6) is 0 Å². The fourth-order valence-electron chi connectivity index (χ4n) is 7.96. The minimum absolute atomic E-state index is 0.273. The molecule has 1 aromatic heterocycles. The molecule has 0 spiro atoms. The summed E-state index contributed by atoms with van der Waals surface area (Å²) in [4.78, 5) is 0. The molecule has 0 saturated carbocycles. The maximum Gasteiger partial charge on any atom is 0.0610 e. The lowest BCUT2D eigenvalue weighted by molar-refractivity contribution is 0.854. The topological polar surface area (TPSA) is 4.93 Å². The minimum Gasteiger partial charge on any atom is -0.308 e. The van der Waals surface area contributed by atoms with E-state index in [4.69, 9.17) is 6.58 Å². The third-order valence-corrected chi connectivity index (χ3v) is 9.95. The number of allylic oxidation sites excluding steroid dienone is 9. The summed E-state index contributed by atoms with van der Waals surface area (Å²) in [5, 5.41) is 1.26. The van der Waals surface area contributed by atoms with E-state index in [0.717, 1.165) is 30.5 Å². The molecule has 7 rings (SSSR count). The first-order chi connectivity index (χ1) is 23.5. The van der Waals surface area contributed by atoms with Crippen LogP contribution in [0, 0.1) is 12.8 Å². The zero-order valence-electron chi connectivity index (χ0n) is 29.0. The maximum atomic E-state index is 4.76. The Labute approximate surface area is 286 Å². The van der Waals surface area contributed by atoms with E-state index in [9.17, 15) is 0 Å². The second-order valence-electron chi connectivity index (χ2n) is 13.3. The van der Waals surface area contributed by atoms with Crippen molar-refractivity contribution < 1.29 is 0 Å². The predicted molar refractivity (Wildman–Crippen MR) is 210 cm³/mol. The van der Waals surface area contributed by atoms with Crippen molar-refractivity contribution in [3.05, 3.63) is 167 Å². The van der Waals surface area contributed by atoms with Crippen LogP contribution in [-0.2, 0) is 0 Å². The first-order valence-electron chi connectivity index (χ1n) is 17.5. The number of rotatable bonds is 8. The van der Waals surface area contributed by atoms with Crippen molar-refractivity contribution in [2.75, 3.05) is 0 Å². The van der Waals surface area contributed by atoms with Gasteiger partial charge in [0.1, 0.15) is 0 Å². The summed E-state index contributed by atoms with van der Waals surface area (Å²) in [6.45, 7) is 15.9. The Morgan fingerprint density at radius 3 is 2.35 bits per heavy atom. The Balaban J connectivity index is 1.64. The first kappa shape index (κ1) is 31.5. The maximum absolute atomic E-state index is 4.76. The van der Waals surface area contributed by atoms with Crippen molar-refractivity contribution in [1.82, 2.24) is 4.57 Å². The molecule has 0 bridgehead atoms. The molecule has 1 nitrogen and oxygen atoms in total. The molecule has 0 saturated heterocycles. The Hall–Kier alpha value is -5.14. The van der Waals surface area contributed by atoms with E-state index in [-0.39, 0.29) is 5.92 Å². The van der Waals surface area contributed by atoms with Gasteiger partial charge in [-0.05, 0) is 114 Å². The first-order valence-corrected chi connectivity index (χ1v) is 17.5. The number of fused-ring (bicyclic) bond motifs is 4. The number of aryl methyl sites for hydroxylation is 1. The van der Waals surface area contributed by atoms with Crippen LogP contribution in [0.1, 0.15) is 86.0 Å². The third-order valence-electron chi connectivity index (χ3n) is 9.95. The quantitative estimate of drug-likeness (QED) is 0.117. The van der Waals surface area contributed by atoms with E-state index >= 15 is 0 Å². The molecule has 1 heterocycles. The van der Waals surface area contributed by atoms with E-state index < -0.39 is 0 Å². The predicted octanol–water partition coefficient (Wildman–Crippen LogP) is 13.3. The van der Waals surface area contributed by atoms with Crippen molar-refractivity contribution in [3.8, 4) is 16.8 Å². The van der Waals surface area contributed by atoms with Gasteiger partial charge in [0, 0.05) is 16.5 Å². The summed E-state index contributed by atoms with van der Waals surface area (Å²) in [6, 6.07) is 31.4. The number of benzene rings is 4. The number of nitrogens with zero attached hydrogens (tertiary/aromatic N) is 1. The molecule has 48 heavy (non-hydrogen) atoms. The second-order valence-corrected chi connectivity index (χ2v) is 13.3. The Bertz CT molecular complexity index is 2220. The van der Waals surface area contributed by atoms with E-state index in [0.29, 0.717) is 0 Å². The van der Waals surface area contributed by atoms with Gasteiger partial charge >= 0.3 is 0 Å². The molecule has 0 aliphatic heterocycles. The summed E-state index contributed by atoms with van der Waals surface area (Å²) in [5.41, 5.74) is 19.2. The number of para-hydroxylation sites is 1. The van der Waals surface area contributed by atoms with Crippen LogP contribution >= 0.6 is 0 Å². The Kier molecular flexibility index (Phi) is 8.63. The molecule has 2 aliphatic rings. The zero-order valence-corrected chi connectivity index (χ0v) is 29.0. The largest absolute Gasteiger partial charge is 0.308 e. The van der Waals surface area contributed by atoms with Gasteiger partial charge in [-0.2, -0.15) is 0 Å². The number of hydrogen-bond acceptors (Lipinski definition) is 0. The molecule has 5 aromatic rings. The van der Waals surface area contributed by atoms with Crippen LogP contribution in [0.4, 0.5) is 0 Å². The second kappa shape index (κ2) is 13.2. The van der Waals surface area contributed by atoms with E-state index in [1.807, 2.05) is 0 Å². The van der Waals surface area contributed by atoms with E-state index in [2.05, 4.69) is 167 Å². The van der Waals surface area contributed by atoms with Gasteiger partial charge in [0.15, 0.2) is 0 Å². The van der Waals surface area contributed by atoms with Gasteiger partial charge in [-0.3, -0.25) is 0 Å². The standard InChI is InChI=1S/C47H45N/c1-7-9-21-37(34-22-14-13-20-32(34)5)44(31(3)4)46-41-27-17-18-28-42(41)48(47(46)33(6)19-8-2)43-30-29-39-36-24-16-15-23-35(36)38-25-11-10-12-26-40(43)45(38)39/h7-9,12-20,22-31H,6,10-11,21H2,1-5H3/b9-7-,19-8-,26-12-,38-25-,44-37+. The van der Waals surface area contributed by atoms with Crippen LogP contribution in [0.3, 0.4) is 0 Å². The highest BCUT2D eigenvalue weighted by atomic mass is 15.0. The van der Waals surface area contributed by atoms with Crippen LogP contribution in [0.2, 0.25) is 0 Å². The Morgan fingerprint density at radius 1 is 0.833 bits per heavy atom. The van der Waals surface area contributed by atoms with Crippen molar-refractivity contribution in [3.63, 3.8) is 0 Å². The number of hydrogen-bond donors (Lipinski definition) is 0. The lowest BCUT2D eigenvalue weighted by Crippen LogP contribution is -2.07. The van der Waals surface area contributed by atoms with Gasteiger partial charge in [-0.1, -0.05) is 136 Å². The van der Waals surface area contributed by atoms with Crippen LogP contribution in [-0.4, -0.2) is 4.57 Å². The van der Waals surface area contributed by atoms with Gasteiger partial charge in [0.05, 0.1) is 16.9 Å². The molecule has 0 radical (unpaired) electrons. The van der Waals surface area contributed by atoms with Gasteiger partial charge in [0.2, 0.25) is 0 Å². The van der Waals surface area contributed by atoms with Crippen LogP contribution in [0.15, 0.2) is 128 Å². The van der Waals surface area contributed by atoms with Gasteiger partial charge in [-0.15, -0.1) is 0 Å². The lowest BCUT2D eigenvalue weighted by atomic mass is 9.82. The summed E-state index contributed by atoms with van der Waals surface area (Å²) in [5.74, 6) is 0.273. The normalized spacial score (nSPS) is 16.1. The molecular formula is C47H45N. The summed E-state index contributed by atoms with van der Waals surface area (Å²) in [6.07, 6.45) is 18.9. The highest BCUT2D eigenvalue weighted by Gasteiger charge is 2.31. The van der Waals surface area contributed by atoms with Crippen LogP contribution in [0.25, 0.3) is 56.1 Å². The average Bonchev–Trinajstić information content (AvgIpc) is 3.58. The molecule has 0 N–H and O–H groups in total. The van der Waals surface area contributed by atoms with Crippen molar-refractivity contribution in [2.45, 2.75) is 53.9 Å². The van der Waals surface area contributed by atoms with Crippen LogP contribution < -0.4 is 0 Å². The molecule has 238 valence electrons. The minimum atomic E-state index is 0.273. The van der Waals surface area contributed by atoms with E-state index in [1.165, 1.54) is 77.8 Å². The molecule has 1 heteroatoms. The lowest BCUT2D eigenvalue weighted by Gasteiger charge is -2.23. The molecule has 0 atom stereocenters. The third kappa shape index (κ3) is 5.19. The average molecular weight is 624 g/mol. The fraction of sp³-hybridized carbons (Fsp3) is 0.191. The SMILES string of the molecule is C=C(/C=C\C)c1c(/C(=C(\C/C=C\C)c2ccccc2C)C(C)C)c2ccccc2n1-c1ccc2c3c1/C=C\CC/C=C\3c1ccccc1-2. The fourth-order valence-corrected chi connectivity index (χ4v) is 7.96. The molecule has 4 aromatic carbocycles. The van der Waals surface area contributed by atoms with Crippen molar-refractivity contribution in [2.24, 2.45) is 5.92 Å². The van der Waals surface area contributed by atoms with E-state index in [1.54, 1.807) is 0 Å². The van der Waals surface area contributed by atoms with Crippen molar-refractivity contribution in [1.29, 1.82) is 0 Å². The molecule has 0 amide bonds.